The quantitative estimate of drug-likeness (QED) is 0.631. The zero-order chi connectivity index (χ0) is 9.84. The molecule has 1 aromatic carbocycles. The second kappa shape index (κ2) is 4.32. The van der Waals surface area contributed by atoms with E-state index in [1.165, 1.54) is 6.07 Å². The molecule has 0 heterocycles. The van der Waals surface area contributed by atoms with E-state index in [9.17, 15) is 4.39 Å². The van der Waals surface area contributed by atoms with E-state index < -0.39 is 11.9 Å². The molecule has 3 nitrogen and oxygen atoms in total. The van der Waals surface area contributed by atoms with Gasteiger partial charge in [0.25, 0.3) is 0 Å². The molecule has 0 saturated heterocycles. The predicted molar refractivity (Wildman–Crippen MR) is 48.3 cm³/mol. The molecule has 0 fully saturated rings. The van der Waals surface area contributed by atoms with Crippen LogP contribution in [0.3, 0.4) is 0 Å². The number of benzene rings is 1. The highest BCUT2D eigenvalue weighted by atomic mass is 19.1. The molecule has 72 valence electrons. The van der Waals surface area contributed by atoms with Crippen molar-refractivity contribution in [3.8, 4) is 0 Å². The fourth-order valence-electron chi connectivity index (χ4n) is 1.10. The van der Waals surface area contributed by atoms with Gasteiger partial charge in [0.15, 0.2) is 0 Å². The molecule has 1 atom stereocenters. The van der Waals surface area contributed by atoms with E-state index in [1.807, 2.05) is 0 Å². The van der Waals surface area contributed by atoms with Gasteiger partial charge in [-0.2, -0.15) is 0 Å². The largest absolute Gasteiger partial charge is 0.392 e. The maximum absolute atomic E-state index is 13.2. The highest BCUT2D eigenvalue weighted by Crippen LogP contribution is 2.15. The number of halogens is 1. The average Bonchev–Trinajstić information content (AvgIpc) is 2.16. The normalized spacial score (nSPS) is 12.9. The molecule has 0 bridgehead atoms. The second-order valence-corrected chi connectivity index (χ2v) is 2.86. The zero-order valence-corrected chi connectivity index (χ0v) is 7.20. The third kappa shape index (κ3) is 2.24. The van der Waals surface area contributed by atoms with Crippen molar-refractivity contribution in [1.82, 2.24) is 0 Å². The van der Waals surface area contributed by atoms with Crippen LogP contribution in [-0.2, 0) is 6.61 Å². The van der Waals surface area contributed by atoms with Crippen molar-refractivity contribution in [3.05, 3.63) is 35.1 Å². The first kappa shape index (κ1) is 10.1. The molecule has 1 unspecified atom stereocenters. The smallest absolute Gasteiger partial charge is 0.128 e. The third-order valence-electron chi connectivity index (χ3n) is 1.90. The molecule has 1 aromatic rings. The average molecular weight is 184 g/mol. The number of nitrogens with two attached hydrogens (primary N) is 2. The molecule has 0 radical (unpaired) electrons. The van der Waals surface area contributed by atoms with E-state index in [0.29, 0.717) is 11.1 Å². The summed E-state index contributed by atoms with van der Waals surface area (Å²) in [7, 11) is 0. The molecule has 0 aliphatic carbocycles. The Morgan fingerprint density at radius 3 is 2.62 bits per heavy atom. The lowest BCUT2D eigenvalue weighted by Gasteiger charge is -2.10. The van der Waals surface area contributed by atoms with Crippen LogP contribution >= 0.6 is 0 Å². The zero-order valence-electron chi connectivity index (χ0n) is 7.20. The Bertz CT molecular complexity index is 291. The van der Waals surface area contributed by atoms with Gasteiger partial charge in [-0.15, -0.1) is 0 Å². The lowest BCUT2D eigenvalue weighted by Crippen LogP contribution is -2.21. The van der Waals surface area contributed by atoms with Crippen molar-refractivity contribution in [2.24, 2.45) is 11.5 Å². The van der Waals surface area contributed by atoms with Gasteiger partial charge in [-0.3, -0.25) is 0 Å². The van der Waals surface area contributed by atoms with Gasteiger partial charge in [0.2, 0.25) is 0 Å². The molecule has 4 heteroatoms. The van der Waals surface area contributed by atoms with Gasteiger partial charge in [-0.05, 0) is 11.6 Å². The Kier molecular flexibility index (Phi) is 3.36. The van der Waals surface area contributed by atoms with Crippen LogP contribution in [0.25, 0.3) is 0 Å². The predicted octanol–water partition coefficient (Wildman–Crippen LogP) is 0.277. The van der Waals surface area contributed by atoms with E-state index in [1.54, 1.807) is 12.1 Å². The minimum absolute atomic E-state index is 0.172. The van der Waals surface area contributed by atoms with Crippen molar-refractivity contribution in [2.45, 2.75) is 12.6 Å². The summed E-state index contributed by atoms with van der Waals surface area (Å²) in [5, 5.41) is 8.73. The molecule has 0 aliphatic heterocycles. The Morgan fingerprint density at radius 2 is 2.15 bits per heavy atom. The first-order chi connectivity index (χ1) is 6.19. The minimum Gasteiger partial charge on any atom is -0.392 e. The maximum atomic E-state index is 13.2. The molecular weight excluding hydrogens is 171 g/mol. The molecule has 1 rings (SSSR count). The van der Waals surface area contributed by atoms with Gasteiger partial charge in [0.05, 0.1) is 6.61 Å². The summed E-state index contributed by atoms with van der Waals surface area (Å²) in [5.41, 5.74) is 11.8. The van der Waals surface area contributed by atoms with Gasteiger partial charge in [-0.25, -0.2) is 4.39 Å². The summed E-state index contributed by atoms with van der Waals surface area (Å²) in [6.45, 7) is 0.0322. The molecule has 13 heavy (non-hydrogen) atoms. The van der Waals surface area contributed by atoms with Crippen molar-refractivity contribution >= 4 is 0 Å². The van der Waals surface area contributed by atoms with Crippen LogP contribution in [0.2, 0.25) is 0 Å². The summed E-state index contributed by atoms with van der Waals surface area (Å²) in [5.74, 6) is -0.412. The fraction of sp³-hybridized carbons (Fsp3) is 0.333. The Labute approximate surface area is 76.2 Å². The van der Waals surface area contributed by atoms with Crippen LogP contribution < -0.4 is 11.5 Å². The number of aliphatic hydroxyl groups excluding tert-OH is 1. The molecule has 0 spiro atoms. The Hall–Kier alpha value is -0.970. The number of rotatable bonds is 3. The topological polar surface area (TPSA) is 72.3 Å². The van der Waals surface area contributed by atoms with Crippen LogP contribution in [0, 0.1) is 5.82 Å². The van der Waals surface area contributed by atoms with E-state index in [-0.39, 0.29) is 13.2 Å². The van der Waals surface area contributed by atoms with E-state index in [0.717, 1.165) is 0 Å². The second-order valence-electron chi connectivity index (χ2n) is 2.86. The summed E-state index contributed by atoms with van der Waals surface area (Å²) in [6, 6.07) is 3.98. The fourth-order valence-corrected chi connectivity index (χ4v) is 1.10. The standard InChI is InChI=1S/C9H13FN2O/c10-8-3-6(5-13)1-2-7(8)9(12)4-11/h1-3,9,13H,4-5,11-12H2. The van der Waals surface area contributed by atoms with E-state index in [4.69, 9.17) is 16.6 Å². The van der Waals surface area contributed by atoms with Gasteiger partial charge in [0.1, 0.15) is 5.82 Å². The van der Waals surface area contributed by atoms with Crippen molar-refractivity contribution in [2.75, 3.05) is 6.54 Å². The van der Waals surface area contributed by atoms with Gasteiger partial charge in [-0.1, -0.05) is 12.1 Å². The molecule has 0 saturated carbocycles. The molecule has 0 aromatic heterocycles. The van der Waals surface area contributed by atoms with Gasteiger partial charge < -0.3 is 16.6 Å². The summed E-state index contributed by atoms with van der Waals surface area (Å²) < 4.78 is 13.2. The lowest BCUT2D eigenvalue weighted by atomic mass is 10.1. The molecule has 0 amide bonds. The first-order valence-electron chi connectivity index (χ1n) is 4.04. The Balaban J connectivity index is 2.98. The monoisotopic (exact) mass is 184 g/mol. The summed E-state index contributed by atoms with van der Waals surface area (Å²) in [6.07, 6.45) is 0. The van der Waals surface area contributed by atoms with Crippen LogP contribution in [0.5, 0.6) is 0 Å². The van der Waals surface area contributed by atoms with Crippen molar-refractivity contribution in [3.63, 3.8) is 0 Å². The Morgan fingerprint density at radius 1 is 1.46 bits per heavy atom. The van der Waals surface area contributed by atoms with Crippen molar-refractivity contribution < 1.29 is 9.50 Å². The highest BCUT2D eigenvalue weighted by Gasteiger charge is 2.09. The van der Waals surface area contributed by atoms with Crippen LogP contribution in [0.1, 0.15) is 17.2 Å². The maximum Gasteiger partial charge on any atom is 0.128 e. The minimum atomic E-state index is -0.479. The molecular formula is C9H13FN2O. The van der Waals surface area contributed by atoms with Crippen LogP contribution in [0.4, 0.5) is 4.39 Å². The van der Waals surface area contributed by atoms with Crippen molar-refractivity contribution in [1.29, 1.82) is 0 Å². The summed E-state index contributed by atoms with van der Waals surface area (Å²) >= 11 is 0. The van der Waals surface area contributed by atoms with E-state index in [2.05, 4.69) is 0 Å². The lowest BCUT2D eigenvalue weighted by molar-refractivity contribution is 0.281. The molecule has 0 aliphatic rings. The van der Waals surface area contributed by atoms with E-state index >= 15 is 0 Å². The van der Waals surface area contributed by atoms with Gasteiger partial charge >= 0.3 is 0 Å². The SMILES string of the molecule is NCC(N)c1ccc(CO)cc1F. The number of aliphatic hydroxyl groups is 1. The highest BCUT2D eigenvalue weighted by molar-refractivity contribution is 5.26. The van der Waals surface area contributed by atoms with Crippen LogP contribution in [-0.4, -0.2) is 11.7 Å². The first-order valence-corrected chi connectivity index (χ1v) is 4.04. The third-order valence-corrected chi connectivity index (χ3v) is 1.90. The van der Waals surface area contributed by atoms with Gasteiger partial charge in [0, 0.05) is 18.2 Å². The van der Waals surface area contributed by atoms with Crippen LogP contribution in [0.15, 0.2) is 18.2 Å². The summed E-state index contributed by atoms with van der Waals surface area (Å²) in [4.78, 5) is 0. The number of hydrogen-bond acceptors (Lipinski definition) is 3. The number of hydrogen-bond donors (Lipinski definition) is 3. The molecule has 5 N–H and O–H groups in total.